The molecule has 1 aromatic rings. The highest BCUT2D eigenvalue weighted by Gasteiger charge is 2.32. The predicted molar refractivity (Wildman–Crippen MR) is 66.6 cm³/mol. The molecule has 1 aromatic carbocycles. The normalized spacial score (nSPS) is 12.4. The molecule has 3 N–H and O–H groups in total. The largest absolute Gasteiger partial charge is 0.573 e. The first-order valence-corrected chi connectivity index (χ1v) is 5.73. The lowest BCUT2D eigenvalue weighted by molar-refractivity contribution is -0.274. The summed E-state index contributed by atoms with van der Waals surface area (Å²) < 4.78 is 41.0. The number of halogens is 4. The molecule has 0 atom stereocenters. The summed E-state index contributed by atoms with van der Waals surface area (Å²) in [6.07, 6.45) is -4.77. The minimum absolute atomic E-state index is 0.0202. The molecule has 0 unspecified atom stereocenters. The van der Waals surface area contributed by atoms with E-state index in [0.717, 1.165) is 0 Å². The summed E-state index contributed by atoms with van der Waals surface area (Å²) in [5, 5.41) is 2.54. The molecule has 0 heterocycles. The number of guanidine groups is 1. The number of benzene rings is 1. The third-order valence-corrected chi connectivity index (χ3v) is 2.25. The molecule has 0 aliphatic rings. The minimum Gasteiger partial charge on any atom is -0.404 e. The van der Waals surface area contributed by atoms with Crippen molar-refractivity contribution in [3.8, 4) is 5.75 Å². The summed E-state index contributed by atoms with van der Waals surface area (Å²) in [5.74, 6) is -0.363. The number of anilines is 1. The molecule has 18 heavy (non-hydrogen) atoms. The Morgan fingerprint density at radius 1 is 1.50 bits per heavy atom. The van der Waals surface area contributed by atoms with E-state index in [1.807, 2.05) is 0 Å². The number of alkyl halides is 3. The lowest BCUT2D eigenvalue weighted by Gasteiger charge is -2.14. The standard InChI is InChI=1S/C10H11BrF3N3O/c1-2-16-9(15)17-7-4-3-6(11)5-8(7)18-10(12,13)14/h3-5H,2H2,1H3,(H3,15,16,17). The summed E-state index contributed by atoms with van der Waals surface area (Å²) in [6.45, 7) is 2.17. The summed E-state index contributed by atoms with van der Waals surface area (Å²) in [5.41, 5.74) is 5.57. The Balaban J connectivity index is 3.00. The van der Waals surface area contributed by atoms with Crippen LogP contribution in [0.1, 0.15) is 6.92 Å². The van der Waals surface area contributed by atoms with Gasteiger partial charge < -0.3 is 15.8 Å². The van der Waals surface area contributed by atoms with E-state index in [2.05, 4.69) is 31.0 Å². The molecule has 0 aromatic heterocycles. The zero-order chi connectivity index (χ0) is 13.8. The van der Waals surface area contributed by atoms with Crippen molar-refractivity contribution in [2.45, 2.75) is 13.3 Å². The Morgan fingerprint density at radius 2 is 2.17 bits per heavy atom. The smallest absolute Gasteiger partial charge is 0.404 e. The van der Waals surface area contributed by atoms with E-state index in [4.69, 9.17) is 5.73 Å². The van der Waals surface area contributed by atoms with Crippen LogP contribution in [0.15, 0.2) is 27.7 Å². The van der Waals surface area contributed by atoms with Crippen molar-refractivity contribution in [2.75, 3.05) is 11.9 Å². The second-order valence-electron chi connectivity index (χ2n) is 3.17. The molecule has 4 nitrogen and oxygen atoms in total. The van der Waals surface area contributed by atoms with Gasteiger partial charge in [-0.2, -0.15) is 0 Å². The fourth-order valence-electron chi connectivity index (χ4n) is 1.16. The van der Waals surface area contributed by atoms with Crippen molar-refractivity contribution in [1.29, 1.82) is 0 Å². The van der Waals surface area contributed by atoms with Crippen LogP contribution in [0, 0.1) is 0 Å². The Morgan fingerprint density at radius 3 is 2.72 bits per heavy atom. The van der Waals surface area contributed by atoms with E-state index in [1.165, 1.54) is 12.1 Å². The monoisotopic (exact) mass is 325 g/mol. The quantitative estimate of drug-likeness (QED) is 0.663. The van der Waals surface area contributed by atoms with Crippen LogP contribution in [0.5, 0.6) is 5.75 Å². The van der Waals surface area contributed by atoms with Gasteiger partial charge in [-0.15, -0.1) is 13.2 Å². The molecule has 0 radical (unpaired) electrons. The highest BCUT2D eigenvalue weighted by atomic mass is 79.9. The van der Waals surface area contributed by atoms with E-state index in [9.17, 15) is 13.2 Å². The number of nitrogens with two attached hydrogens (primary N) is 1. The molecule has 0 aliphatic heterocycles. The number of aliphatic imine (C=N–C) groups is 1. The van der Waals surface area contributed by atoms with Gasteiger partial charge in [0.2, 0.25) is 0 Å². The molecule has 1 rings (SSSR count). The summed E-state index contributed by atoms with van der Waals surface area (Å²) >= 11 is 3.06. The number of hydrogen-bond donors (Lipinski definition) is 2. The molecule has 0 spiro atoms. The van der Waals surface area contributed by atoms with Crippen LogP contribution >= 0.6 is 15.9 Å². The van der Waals surface area contributed by atoms with Gasteiger partial charge in [-0.3, -0.25) is 4.99 Å². The third kappa shape index (κ3) is 4.82. The number of nitrogens with one attached hydrogen (secondary N) is 1. The molecule has 8 heteroatoms. The van der Waals surface area contributed by atoms with Crippen molar-refractivity contribution < 1.29 is 17.9 Å². The van der Waals surface area contributed by atoms with E-state index < -0.39 is 6.36 Å². The number of hydrogen-bond acceptors (Lipinski definition) is 2. The van der Waals surface area contributed by atoms with Crippen LogP contribution in [0.4, 0.5) is 18.9 Å². The Bertz CT molecular complexity index is 448. The van der Waals surface area contributed by atoms with Crippen molar-refractivity contribution >= 4 is 27.6 Å². The molecular weight excluding hydrogens is 315 g/mol. The van der Waals surface area contributed by atoms with E-state index in [-0.39, 0.29) is 17.4 Å². The van der Waals surface area contributed by atoms with Gasteiger partial charge in [0.05, 0.1) is 5.69 Å². The van der Waals surface area contributed by atoms with E-state index in [0.29, 0.717) is 11.0 Å². The van der Waals surface area contributed by atoms with Gasteiger partial charge in [-0.1, -0.05) is 15.9 Å². The lowest BCUT2D eigenvalue weighted by atomic mass is 10.3. The maximum absolute atomic E-state index is 12.2. The maximum Gasteiger partial charge on any atom is 0.573 e. The van der Waals surface area contributed by atoms with Gasteiger partial charge in [-0.25, -0.2) is 0 Å². The van der Waals surface area contributed by atoms with Gasteiger partial charge in [0.1, 0.15) is 0 Å². The van der Waals surface area contributed by atoms with Crippen LogP contribution in [-0.2, 0) is 0 Å². The van der Waals surface area contributed by atoms with E-state index in [1.54, 1.807) is 13.0 Å². The van der Waals surface area contributed by atoms with Crippen molar-refractivity contribution in [3.05, 3.63) is 22.7 Å². The van der Waals surface area contributed by atoms with Crippen LogP contribution in [0.25, 0.3) is 0 Å². The molecule has 0 saturated heterocycles. The Kier molecular flexibility index (Phi) is 4.83. The van der Waals surface area contributed by atoms with Gasteiger partial charge in [0, 0.05) is 11.0 Å². The second-order valence-corrected chi connectivity index (χ2v) is 4.09. The fraction of sp³-hybridized carbons (Fsp3) is 0.300. The molecule has 0 saturated carbocycles. The zero-order valence-corrected chi connectivity index (χ0v) is 11.0. The average molecular weight is 326 g/mol. The predicted octanol–water partition coefficient (Wildman–Crippen LogP) is 3.09. The third-order valence-electron chi connectivity index (χ3n) is 1.76. The first-order chi connectivity index (χ1) is 8.31. The average Bonchev–Trinajstić information content (AvgIpc) is 2.20. The summed E-state index contributed by atoms with van der Waals surface area (Å²) in [7, 11) is 0. The van der Waals surface area contributed by atoms with Crippen LogP contribution in [0.2, 0.25) is 0 Å². The first-order valence-electron chi connectivity index (χ1n) is 4.94. The molecule has 100 valence electrons. The first kappa shape index (κ1) is 14.6. The van der Waals surface area contributed by atoms with Gasteiger partial charge in [0.25, 0.3) is 0 Å². The highest BCUT2D eigenvalue weighted by Crippen LogP contribution is 2.32. The number of ether oxygens (including phenoxy) is 1. The molecule has 0 bridgehead atoms. The van der Waals surface area contributed by atoms with Crippen molar-refractivity contribution in [2.24, 2.45) is 10.7 Å². The van der Waals surface area contributed by atoms with Gasteiger partial charge >= 0.3 is 6.36 Å². The maximum atomic E-state index is 12.2. The number of rotatable bonds is 3. The zero-order valence-electron chi connectivity index (χ0n) is 9.38. The second kappa shape index (κ2) is 5.94. The van der Waals surface area contributed by atoms with Gasteiger partial charge in [-0.05, 0) is 25.1 Å². The summed E-state index contributed by atoms with van der Waals surface area (Å²) in [4.78, 5) is 3.81. The SMILES string of the molecule is CCN=C(N)Nc1ccc(Br)cc1OC(F)(F)F. The topological polar surface area (TPSA) is 59.6 Å². The van der Waals surface area contributed by atoms with Crippen molar-refractivity contribution in [1.82, 2.24) is 0 Å². The molecule has 0 amide bonds. The highest BCUT2D eigenvalue weighted by molar-refractivity contribution is 9.10. The van der Waals surface area contributed by atoms with E-state index >= 15 is 0 Å². The fourth-order valence-corrected chi connectivity index (χ4v) is 1.50. The van der Waals surface area contributed by atoms with Crippen LogP contribution in [-0.4, -0.2) is 18.9 Å². The van der Waals surface area contributed by atoms with Crippen molar-refractivity contribution in [3.63, 3.8) is 0 Å². The van der Waals surface area contributed by atoms with Crippen LogP contribution < -0.4 is 15.8 Å². The molecule has 0 fully saturated rings. The number of nitrogens with zero attached hydrogens (tertiary/aromatic N) is 1. The van der Waals surface area contributed by atoms with Gasteiger partial charge in [0.15, 0.2) is 11.7 Å². The Labute approximate surface area is 110 Å². The molecule has 0 aliphatic carbocycles. The van der Waals surface area contributed by atoms with Crippen LogP contribution in [0.3, 0.4) is 0 Å². The minimum atomic E-state index is -4.77. The Hall–Kier alpha value is -1.44. The molecular formula is C10H11BrF3N3O. The lowest BCUT2D eigenvalue weighted by Crippen LogP contribution is -2.24. The summed E-state index contributed by atoms with van der Waals surface area (Å²) in [6, 6.07) is 4.16.